The molecule has 0 fully saturated rings. The third-order valence-corrected chi connectivity index (χ3v) is 4.97. The first-order valence-corrected chi connectivity index (χ1v) is 8.90. The van der Waals surface area contributed by atoms with Gasteiger partial charge in [0.15, 0.2) is 5.65 Å². The van der Waals surface area contributed by atoms with Crippen LogP contribution in [-0.2, 0) is 10.2 Å². The van der Waals surface area contributed by atoms with Gasteiger partial charge < -0.3 is 10.1 Å². The quantitative estimate of drug-likeness (QED) is 0.701. The van der Waals surface area contributed by atoms with Crippen molar-refractivity contribution in [2.45, 2.75) is 38.2 Å². The standard InChI is InChI=1S/C19H15F3N6O2/c1-19(2)5-11(12-8-24-14-4-13(20)27-28(14)15(12)19)16(29)26-10-3-9(6-23)17(25-7-10)30-18(21)22/h3-4,7-8,11,18H,5H2,1-2H3,(H,26,29)/t11-/m0/s1. The van der Waals surface area contributed by atoms with Gasteiger partial charge in [-0.2, -0.15) is 18.4 Å². The molecule has 1 N–H and O–H groups in total. The van der Waals surface area contributed by atoms with Gasteiger partial charge in [0.05, 0.1) is 23.5 Å². The number of rotatable bonds is 4. The number of halogens is 3. The number of aromatic nitrogens is 4. The molecule has 3 aromatic heterocycles. The maximum Gasteiger partial charge on any atom is 0.388 e. The smallest absolute Gasteiger partial charge is 0.388 e. The van der Waals surface area contributed by atoms with Crippen molar-refractivity contribution in [2.75, 3.05) is 5.32 Å². The van der Waals surface area contributed by atoms with E-state index in [0.717, 1.165) is 6.20 Å². The summed E-state index contributed by atoms with van der Waals surface area (Å²) >= 11 is 0. The molecule has 0 radical (unpaired) electrons. The van der Waals surface area contributed by atoms with Crippen LogP contribution >= 0.6 is 0 Å². The van der Waals surface area contributed by atoms with Gasteiger partial charge in [-0.05, 0) is 12.5 Å². The van der Waals surface area contributed by atoms with Crippen LogP contribution in [0.25, 0.3) is 5.65 Å². The van der Waals surface area contributed by atoms with E-state index in [-0.39, 0.29) is 11.3 Å². The molecule has 154 valence electrons. The summed E-state index contributed by atoms with van der Waals surface area (Å²) in [5.41, 5.74) is 1.08. The third kappa shape index (κ3) is 3.30. The number of carbonyl (C=O) groups excluding carboxylic acids is 1. The molecule has 0 bridgehead atoms. The number of amides is 1. The van der Waals surface area contributed by atoms with Gasteiger partial charge in [0.1, 0.15) is 11.6 Å². The van der Waals surface area contributed by atoms with E-state index < -0.39 is 35.7 Å². The zero-order valence-corrected chi connectivity index (χ0v) is 15.9. The number of pyridine rings is 1. The highest BCUT2D eigenvalue weighted by atomic mass is 19.3. The predicted molar refractivity (Wildman–Crippen MR) is 97.5 cm³/mol. The Morgan fingerprint density at radius 3 is 2.83 bits per heavy atom. The van der Waals surface area contributed by atoms with Crippen molar-refractivity contribution < 1.29 is 22.7 Å². The van der Waals surface area contributed by atoms with Crippen molar-refractivity contribution in [2.24, 2.45) is 0 Å². The summed E-state index contributed by atoms with van der Waals surface area (Å²) in [5, 5.41) is 15.6. The van der Waals surface area contributed by atoms with Crippen LogP contribution in [0.5, 0.6) is 5.88 Å². The van der Waals surface area contributed by atoms with Gasteiger partial charge in [-0.15, -0.1) is 5.10 Å². The second-order valence-corrected chi connectivity index (χ2v) is 7.50. The molecule has 1 aliphatic carbocycles. The first-order chi connectivity index (χ1) is 14.2. The number of hydrogen-bond acceptors (Lipinski definition) is 6. The summed E-state index contributed by atoms with van der Waals surface area (Å²) in [7, 11) is 0. The summed E-state index contributed by atoms with van der Waals surface area (Å²) < 4.78 is 44.0. The third-order valence-electron chi connectivity index (χ3n) is 4.97. The largest absolute Gasteiger partial charge is 0.415 e. The van der Waals surface area contributed by atoms with Gasteiger partial charge in [-0.1, -0.05) is 13.8 Å². The molecule has 0 unspecified atom stereocenters. The molecule has 3 heterocycles. The summed E-state index contributed by atoms with van der Waals surface area (Å²) in [6, 6.07) is 4.12. The van der Waals surface area contributed by atoms with Crippen molar-refractivity contribution >= 4 is 17.2 Å². The summed E-state index contributed by atoms with van der Waals surface area (Å²) in [6.07, 6.45) is 3.08. The van der Waals surface area contributed by atoms with Gasteiger partial charge in [-0.25, -0.2) is 14.5 Å². The Labute approximate surface area is 168 Å². The molecule has 30 heavy (non-hydrogen) atoms. The van der Waals surface area contributed by atoms with E-state index in [9.17, 15) is 18.0 Å². The molecular formula is C19H15F3N6O2. The van der Waals surface area contributed by atoms with E-state index in [4.69, 9.17) is 5.26 Å². The topological polar surface area (TPSA) is 105 Å². The molecule has 0 aromatic carbocycles. The lowest BCUT2D eigenvalue weighted by Gasteiger charge is -2.19. The van der Waals surface area contributed by atoms with Crippen molar-refractivity contribution in [1.29, 1.82) is 5.26 Å². The van der Waals surface area contributed by atoms with Crippen LogP contribution in [0.4, 0.5) is 18.9 Å². The average molecular weight is 416 g/mol. The van der Waals surface area contributed by atoms with Crippen molar-refractivity contribution in [1.82, 2.24) is 19.6 Å². The SMILES string of the molecule is CC1(C)C[C@H](C(=O)Nc2cnc(OC(F)F)c(C#N)c2)c2cnc3cc(F)nn3c21. The fraction of sp³-hybridized carbons (Fsp3) is 0.316. The normalized spacial score (nSPS) is 17.0. The van der Waals surface area contributed by atoms with Crippen LogP contribution < -0.4 is 10.1 Å². The lowest BCUT2D eigenvalue weighted by atomic mass is 9.88. The number of nitrogens with zero attached hydrogens (tertiary/aromatic N) is 5. The highest BCUT2D eigenvalue weighted by Crippen LogP contribution is 2.45. The molecule has 8 nitrogen and oxygen atoms in total. The first kappa shape index (κ1) is 19.6. The Morgan fingerprint density at radius 2 is 2.13 bits per heavy atom. The van der Waals surface area contributed by atoms with E-state index in [1.165, 1.54) is 22.8 Å². The Balaban J connectivity index is 1.65. The van der Waals surface area contributed by atoms with Crippen LogP contribution in [0.15, 0.2) is 24.5 Å². The minimum Gasteiger partial charge on any atom is -0.415 e. The molecule has 4 rings (SSSR count). The number of hydrogen-bond donors (Lipinski definition) is 1. The Kier molecular flexibility index (Phi) is 4.57. The molecule has 1 atom stereocenters. The van der Waals surface area contributed by atoms with Crippen LogP contribution in [0, 0.1) is 17.3 Å². The van der Waals surface area contributed by atoms with E-state index in [2.05, 4.69) is 25.1 Å². The van der Waals surface area contributed by atoms with Crippen LogP contribution in [0.1, 0.15) is 43.0 Å². The maximum absolute atomic E-state index is 13.6. The number of ether oxygens (including phenoxy) is 1. The fourth-order valence-corrected chi connectivity index (χ4v) is 3.81. The monoisotopic (exact) mass is 416 g/mol. The van der Waals surface area contributed by atoms with Crippen molar-refractivity contribution in [3.63, 3.8) is 0 Å². The fourth-order valence-electron chi connectivity index (χ4n) is 3.81. The van der Waals surface area contributed by atoms with Gasteiger partial charge in [0.25, 0.3) is 0 Å². The summed E-state index contributed by atoms with van der Waals surface area (Å²) in [5.74, 6) is -2.20. The van der Waals surface area contributed by atoms with Gasteiger partial charge in [-0.3, -0.25) is 4.79 Å². The second kappa shape index (κ2) is 6.98. The lowest BCUT2D eigenvalue weighted by Crippen LogP contribution is -2.22. The first-order valence-electron chi connectivity index (χ1n) is 8.90. The molecule has 1 amide bonds. The molecule has 3 aromatic rings. The molecular weight excluding hydrogens is 401 g/mol. The van der Waals surface area contributed by atoms with E-state index in [0.29, 0.717) is 23.3 Å². The zero-order chi connectivity index (χ0) is 21.6. The number of nitrogens with one attached hydrogen (secondary N) is 1. The Bertz CT molecular complexity index is 1200. The number of fused-ring (bicyclic) bond motifs is 3. The van der Waals surface area contributed by atoms with E-state index >= 15 is 0 Å². The van der Waals surface area contributed by atoms with Gasteiger partial charge >= 0.3 is 6.61 Å². The van der Waals surface area contributed by atoms with Gasteiger partial charge in [0, 0.05) is 23.2 Å². The number of anilines is 1. The summed E-state index contributed by atoms with van der Waals surface area (Å²) in [6.45, 7) is 0.715. The highest BCUT2D eigenvalue weighted by molar-refractivity contribution is 5.96. The molecule has 1 aliphatic rings. The number of nitriles is 1. The van der Waals surface area contributed by atoms with Gasteiger partial charge in [0.2, 0.25) is 17.7 Å². The van der Waals surface area contributed by atoms with Crippen LogP contribution in [-0.4, -0.2) is 32.1 Å². The van der Waals surface area contributed by atoms with Crippen molar-refractivity contribution in [3.8, 4) is 11.9 Å². The number of carbonyl (C=O) groups is 1. The molecule has 0 spiro atoms. The summed E-state index contributed by atoms with van der Waals surface area (Å²) in [4.78, 5) is 20.8. The minimum atomic E-state index is -3.13. The van der Waals surface area contributed by atoms with Crippen LogP contribution in [0.2, 0.25) is 0 Å². The van der Waals surface area contributed by atoms with Crippen LogP contribution in [0.3, 0.4) is 0 Å². The highest BCUT2D eigenvalue weighted by Gasteiger charge is 2.43. The molecule has 0 aliphatic heterocycles. The zero-order valence-electron chi connectivity index (χ0n) is 15.9. The van der Waals surface area contributed by atoms with Crippen molar-refractivity contribution in [3.05, 3.63) is 47.3 Å². The van der Waals surface area contributed by atoms with E-state index in [1.54, 1.807) is 6.07 Å². The average Bonchev–Trinajstić information content (AvgIpc) is 3.18. The molecule has 0 saturated carbocycles. The second-order valence-electron chi connectivity index (χ2n) is 7.50. The Hall–Kier alpha value is -3.68. The number of alkyl halides is 2. The molecule has 0 saturated heterocycles. The predicted octanol–water partition coefficient (Wildman–Crippen LogP) is 3.14. The minimum absolute atomic E-state index is 0.156. The lowest BCUT2D eigenvalue weighted by molar-refractivity contribution is -0.117. The maximum atomic E-state index is 13.6. The Morgan fingerprint density at radius 1 is 1.37 bits per heavy atom. The van der Waals surface area contributed by atoms with E-state index in [1.807, 2.05) is 13.8 Å². The molecule has 11 heteroatoms.